The van der Waals surface area contributed by atoms with Crippen LogP contribution in [0.5, 0.6) is 0 Å². The zero-order valence-electron chi connectivity index (χ0n) is 12.3. The molecule has 1 aliphatic heterocycles. The molecule has 2 rings (SSSR count). The van der Waals surface area contributed by atoms with Crippen LogP contribution in [0.4, 0.5) is 13.2 Å². The lowest BCUT2D eigenvalue weighted by molar-refractivity contribution is 0.0301. The first-order valence-corrected chi connectivity index (χ1v) is 7.07. The zero-order valence-corrected chi connectivity index (χ0v) is 12.3. The molecule has 1 atom stereocenters. The highest BCUT2D eigenvalue weighted by molar-refractivity contribution is 5.25. The van der Waals surface area contributed by atoms with Gasteiger partial charge in [-0.15, -0.1) is 0 Å². The molecule has 1 saturated heterocycles. The van der Waals surface area contributed by atoms with E-state index in [0.717, 1.165) is 25.2 Å². The number of hydrogen-bond donors (Lipinski definition) is 2. The van der Waals surface area contributed by atoms with Gasteiger partial charge in [0.25, 0.3) is 0 Å². The molecular weight excluding hydrogens is 281 g/mol. The molecule has 3 nitrogen and oxygen atoms in total. The summed E-state index contributed by atoms with van der Waals surface area (Å²) in [6.45, 7) is 6.47. The van der Waals surface area contributed by atoms with E-state index < -0.39 is 22.9 Å². The van der Waals surface area contributed by atoms with Crippen LogP contribution >= 0.6 is 0 Å². The number of aliphatic hydroxyl groups is 1. The number of benzene rings is 1. The Morgan fingerprint density at radius 2 is 1.71 bits per heavy atom. The first-order valence-electron chi connectivity index (χ1n) is 7.07. The highest BCUT2D eigenvalue weighted by Gasteiger charge is 2.36. The van der Waals surface area contributed by atoms with Crippen LogP contribution in [0.15, 0.2) is 12.1 Å². The van der Waals surface area contributed by atoms with Gasteiger partial charge >= 0.3 is 0 Å². The normalized spacial score (nSPS) is 18.8. The lowest BCUT2D eigenvalue weighted by atomic mass is 9.79. The topological polar surface area (TPSA) is 35.5 Å². The van der Waals surface area contributed by atoms with Crippen LogP contribution in [-0.2, 0) is 0 Å². The second kappa shape index (κ2) is 6.34. The summed E-state index contributed by atoms with van der Waals surface area (Å²) in [5.41, 5.74) is -0.249. The van der Waals surface area contributed by atoms with Crippen molar-refractivity contribution < 1.29 is 18.3 Å². The first kappa shape index (κ1) is 16.3. The fourth-order valence-electron chi connectivity index (χ4n) is 2.92. The van der Waals surface area contributed by atoms with Gasteiger partial charge in [-0.3, -0.25) is 4.90 Å². The van der Waals surface area contributed by atoms with Gasteiger partial charge in [-0.2, -0.15) is 0 Å². The molecule has 1 aromatic rings. The average Bonchev–Trinajstić information content (AvgIpc) is 2.46. The second-order valence-corrected chi connectivity index (χ2v) is 6.13. The fraction of sp³-hybridized carbons (Fsp3) is 0.600. The molecule has 0 bridgehead atoms. The Labute approximate surface area is 122 Å². The van der Waals surface area contributed by atoms with Crippen molar-refractivity contribution in [1.82, 2.24) is 10.2 Å². The summed E-state index contributed by atoms with van der Waals surface area (Å²) in [4.78, 5) is 2.07. The van der Waals surface area contributed by atoms with Crippen molar-refractivity contribution >= 4 is 0 Å². The van der Waals surface area contributed by atoms with Gasteiger partial charge in [0.1, 0.15) is 0 Å². The summed E-state index contributed by atoms with van der Waals surface area (Å²) in [5.74, 6) is -3.85. The number of nitrogens with one attached hydrogen (secondary N) is 1. The minimum atomic E-state index is -1.46. The lowest BCUT2D eigenvalue weighted by Gasteiger charge is -2.43. The molecule has 1 aromatic carbocycles. The van der Waals surface area contributed by atoms with Gasteiger partial charge < -0.3 is 10.4 Å². The maximum atomic E-state index is 13.6. The van der Waals surface area contributed by atoms with E-state index in [-0.39, 0.29) is 12.6 Å². The van der Waals surface area contributed by atoms with E-state index in [0.29, 0.717) is 18.7 Å². The third kappa shape index (κ3) is 3.39. The maximum absolute atomic E-state index is 13.6. The summed E-state index contributed by atoms with van der Waals surface area (Å²) in [7, 11) is 0. The van der Waals surface area contributed by atoms with Gasteiger partial charge in [-0.05, 0) is 17.7 Å². The standard InChI is InChI=1S/C15H21F3N2O/c1-15(2,9-21)14(20-5-3-19-4-6-20)10-7-11(16)13(18)12(17)8-10/h7-8,14,19,21H,3-6,9H2,1-2H3/t14-/m0/s1. The minimum Gasteiger partial charge on any atom is -0.396 e. The van der Waals surface area contributed by atoms with Crippen molar-refractivity contribution in [3.8, 4) is 0 Å². The highest BCUT2D eigenvalue weighted by atomic mass is 19.2. The predicted molar refractivity (Wildman–Crippen MR) is 74.4 cm³/mol. The molecule has 0 amide bonds. The number of nitrogens with zero attached hydrogens (tertiary/aromatic N) is 1. The molecule has 1 aliphatic rings. The molecule has 0 radical (unpaired) electrons. The third-order valence-corrected chi connectivity index (χ3v) is 3.99. The van der Waals surface area contributed by atoms with Gasteiger partial charge in [0.2, 0.25) is 0 Å². The second-order valence-electron chi connectivity index (χ2n) is 6.13. The van der Waals surface area contributed by atoms with E-state index in [4.69, 9.17) is 0 Å². The van der Waals surface area contributed by atoms with Gasteiger partial charge in [-0.25, -0.2) is 13.2 Å². The van der Waals surface area contributed by atoms with Gasteiger partial charge in [0.15, 0.2) is 17.5 Å². The Balaban J connectivity index is 2.44. The predicted octanol–water partition coefficient (Wildman–Crippen LogP) is 2.07. The fourth-order valence-corrected chi connectivity index (χ4v) is 2.92. The molecule has 0 unspecified atom stereocenters. The zero-order chi connectivity index (χ0) is 15.6. The third-order valence-electron chi connectivity index (χ3n) is 3.99. The van der Waals surface area contributed by atoms with Crippen LogP contribution < -0.4 is 5.32 Å². The summed E-state index contributed by atoms with van der Waals surface area (Å²) in [6.07, 6.45) is 0. The SMILES string of the molecule is CC(C)(CO)[C@H](c1cc(F)c(F)c(F)c1)N1CCNCC1. The van der Waals surface area contributed by atoms with Crippen LogP contribution in [0, 0.1) is 22.9 Å². The Morgan fingerprint density at radius 3 is 2.19 bits per heavy atom. The molecule has 118 valence electrons. The molecule has 0 aromatic heterocycles. The van der Waals surface area contributed by atoms with E-state index in [2.05, 4.69) is 10.2 Å². The van der Waals surface area contributed by atoms with Crippen LogP contribution in [0.3, 0.4) is 0 Å². The minimum absolute atomic E-state index is 0.137. The lowest BCUT2D eigenvalue weighted by Crippen LogP contribution is -2.49. The first-order chi connectivity index (χ1) is 9.86. The van der Waals surface area contributed by atoms with Crippen molar-refractivity contribution in [3.05, 3.63) is 35.1 Å². The molecule has 1 fully saturated rings. The largest absolute Gasteiger partial charge is 0.396 e. The van der Waals surface area contributed by atoms with E-state index in [1.807, 2.05) is 13.8 Å². The number of rotatable bonds is 4. The van der Waals surface area contributed by atoms with E-state index in [1.165, 1.54) is 0 Å². The Morgan fingerprint density at radius 1 is 1.19 bits per heavy atom. The monoisotopic (exact) mass is 302 g/mol. The van der Waals surface area contributed by atoms with Crippen LogP contribution in [0.25, 0.3) is 0 Å². The molecule has 6 heteroatoms. The van der Waals surface area contributed by atoms with Crippen LogP contribution in [0.1, 0.15) is 25.5 Å². The van der Waals surface area contributed by atoms with Crippen molar-refractivity contribution in [2.45, 2.75) is 19.9 Å². The Kier molecular flexibility index (Phi) is 4.91. The number of aliphatic hydroxyl groups excluding tert-OH is 1. The van der Waals surface area contributed by atoms with Gasteiger partial charge in [-0.1, -0.05) is 13.8 Å². The summed E-state index contributed by atoms with van der Waals surface area (Å²) in [6, 6.07) is 1.68. The summed E-state index contributed by atoms with van der Waals surface area (Å²) in [5, 5.41) is 12.9. The van der Waals surface area contributed by atoms with E-state index in [9.17, 15) is 18.3 Å². The van der Waals surface area contributed by atoms with Crippen molar-refractivity contribution in [3.63, 3.8) is 0 Å². The number of piperazine rings is 1. The highest BCUT2D eigenvalue weighted by Crippen LogP contribution is 2.39. The molecule has 0 spiro atoms. The van der Waals surface area contributed by atoms with Crippen LogP contribution in [0.2, 0.25) is 0 Å². The molecule has 21 heavy (non-hydrogen) atoms. The molecule has 1 heterocycles. The summed E-state index contributed by atoms with van der Waals surface area (Å²) >= 11 is 0. The van der Waals surface area contributed by atoms with Gasteiger partial charge in [0, 0.05) is 44.2 Å². The van der Waals surface area contributed by atoms with Gasteiger partial charge in [0.05, 0.1) is 0 Å². The molecule has 0 saturated carbocycles. The molecule has 2 N–H and O–H groups in total. The number of hydrogen-bond acceptors (Lipinski definition) is 3. The van der Waals surface area contributed by atoms with Crippen molar-refractivity contribution in [2.75, 3.05) is 32.8 Å². The molecule has 0 aliphatic carbocycles. The number of halogens is 3. The maximum Gasteiger partial charge on any atom is 0.194 e. The van der Waals surface area contributed by atoms with Crippen LogP contribution in [-0.4, -0.2) is 42.8 Å². The summed E-state index contributed by atoms with van der Waals surface area (Å²) < 4.78 is 40.3. The van der Waals surface area contributed by atoms with Crippen molar-refractivity contribution in [1.29, 1.82) is 0 Å². The average molecular weight is 302 g/mol. The Bertz CT molecular complexity index is 479. The van der Waals surface area contributed by atoms with Crippen molar-refractivity contribution in [2.24, 2.45) is 5.41 Å². The quantitative estimate of drug-likeness (QED) is 0.836. The molecular formula is C15H21F3N2O. The smallest absolute Gasteiger partial charge is 0.194 e. The van der Waals surface area contributed by atoms with E-state index >= 15 is 0 Å². The van der Waals surface area contributed by atoms with E-state index in [1.54, 1.807) is 0 Å². The Hall–Kier alpha value is -1.11.